The first-order chi connectivity index (χ1) is 18.1. The maximum atomic E-state index is 13.3. The Kier molecular flexibility index (Phi) is 4.95. The number of nitrogens with zero attached hydrogens (tertiary/aromatic N) is 1. The van der Waals surface area contributed by atoms with E-state index >= 15 is 0 Å². The monoisotopic (exact) mass is 485 g/mol. The molecule has 0 heterocycles. The largest absolute Gasteiger partial charge is 0.264 e. The van der Waals surface area contributed by atoms with E-state index in [0.29, 0.717) is 5.92 Å². The number of rotatable bonds is 5. The Morgan fingerprint density at radius 2 is 1.05 bits per heavy atom. The highest BCUT2D eigenvalue weighted by molar-refractivity contribution is 5.60. The van der Waals surface area contributed by atoms with E-state index in [1.165, 1.54) is 16.7 Å². The molecule has 4 aromatic rings. The maximum absolute atomic E-state index is 13.3. The highest BCUT2D eigenvalue weighted by Crippen LogP contribution is 2.76. The van der Waals surface area contributed by atoms with Gasteiger partial charge in [0.2, 0.25) is 6.04 Å². The Morgan fingerprint density at radius 1 is 0.595 bits per heavy atom. The molecule has 37 heavy (non-hydrogen) atoms. The third-order valence-corrected chi connectivity index (χ3v) is 10.1. The quantitative estimate of drug-likeness (QED) is 0.219. The van der Waals surface area contributed by atoms with Gasteiger partial charge in [-0.25, -0.2) is 0 Å². The van der Waals surface area contributed by atoms with Crippen LogP contribution in [0.5, 0.6) is 0 Å². The van der Waals surface area contributed by atoms with Gasteiger partial charge in [-0.1, -0.05) is 121 Å². The summed E-state index contributed by atoms with van der Waals surface area (Å²) < 4.78 is 0. The van der Waals surface area contributed by atoms with Crippen molar-refractivity contribution in [2.45, 2.75) is 48.0 Å². The van der Waals surface area contributed by atoms with Crippen molar-refractivity contribution in [3.63, 3.8) is 0 Å². The fraction of sp³-hybridized carbons (Fsp3) is 0.294. The molecule has 4 bridgehead atoms. The number of benzene rings is 4. The van der Waals surface area contributed by atoms with Crippen LogP contribution in [0.3, 0.4) is 0 Å². The summed E-state index contributed by atoms with van der Waals surface area (Å²) in [7, 11) is 0. The first-order valence-corrected chi connectivity index (χ1v) is 13.5. The average molecular weight is 486 g/mol. The van der Waals surface area contributed by atoms with E-state index in [4.69, 9.17) is 0 Å². The van der Waals surface area contributed by atoms with Gasteiger partial charge in [-0.15, -0.1) is 0 Å². The Morgan fingerprint density at radius 3 is 1.54 bits per heavy atom. The van der Waals surface area contributed by atoms with E-state index in [0.717, 1.165) is 31.2 Å². The first-order valence-electron chi connectivity index (χ1n) is 13.5. The maximum Gasteiger partial charge on any atom is 0.226 e. The van der Waals surface area contributed by atoms with Gasteiger partial charge >= 0.3 is 0 Å². The van der Waals surface area contributed by atoms with Gasteiger partial charge < -0.3 is 0 Å². The van der Waals surface area contributed by atoms with Gasteiger partial charge in [-0.05, 0) is 53.9 Å². The minimum atomic E-state index is -0.680. The van der Waals surface area contributed by atoms with E-state index in [-0.39, 0.29) is 16.3 Å². The smallest absolute Gasteiger partial charge is 0.226 e. The Balaban J connectivity index is 1.71. The Labute approximate surface area is 218 Å². The molecule has 3 heteroatoms. The third kappa shape index (κ3) is 2.77. The van der Waals surface area contributed by atoms with Crippen LogP contribution in [0.1, 0.15) is 47.9 Å². The van der Waals surface area contributed by atoms with E-state index in [9.17, 15) is 10.1 Å². The summed E-state index contributed by atoms with van der Waals surface area (Å²) in [6.45, 7) is 0. The Hall–Kier alpha value is -3.72. The fourth-order valence-electron chi connectivity index (χ4n) is 9.51. The Bertz CT molecular complexity index is 1380. The van der Waals surface area contributed by atoms with E-state index in [1.54, 1.807) is 0 Å². The lowest BCUT2D eigenvalue weighted by molar-refractivity contribution is -0.561. The molecule has 0 aliphatic heterocycles. The molecule has 4 aliphatic carbocycles. The summed E-state index contributed by atoms with van der Waals surface area (Å²) in [5.41, 5.74) is 3.28. The molecule has 4 fully saturated rings. The van der Waals surface area contributed by atoms with Crippen molar-refractivity contribution < 1.29 is 4.92 Å². The molecule has 0 radical (unpaired) electrons. The van der Waals surface area contributed by atoms with Crippen LogP contribution in [-0.2, 0) is 16.2 Å². The summed E-state index contributed by atoms with van der Waals surface area (Å²) in [4.78, 5) is 13.4. The molecule has 184 valence electrons. The summed E-state index contributed by atoms with van der Waals surface area (Å²) in [5, 5.41) is 13.3. The van der Waals surface area contributed by atoms with Gasteiger partial charge in [0.1, 0.15) is 0 Å². The standard InChI is InChI=1S/C34H31NO2/c36-35(37)31-26-21-25-22-32(24-26,27-13-5-1-6-14-27)34(29-17-9-3-10-18-29,30-19-11-4-12-20-30)33(31,23-25)28-15-7-2-8-16-28/h1-20,25-26,31H,21-24H2. The summed E-state index contributed by atoms with van der Waals surface area (Å²) in [5.74, 6) is 0.499. The van der Waals surface area contributed by atoms with Crippen LogP contribution in [0, 0.1) is 22.0 Å². The van der Waals surface area contributed by atoms with Crippen molar-refractivity contribution in [1.29, 1.82) is 0 Å². The molecule has 0 spiro atoms. The van der Waals surface area contributed by atoms with Crippen molar-refractivity contribution in [1.82, 2.24) is 0 Å². The predicted octanol–water partition coefficient (Wildman–Crippen LogP) is 7.33. The lowest BCUT2D eigenvalue weighted by atomic mass is 9.27. The van der Waals surface area contributed by atoms with Crippen LogP contribution in [-0.4, -0.2) is 11.0 Å². The van der Waals surface area contributed by atoms with Crippen LogP contribution in [0.25, 0.3) is 0 Å². The summed E-state index contributed by atoms with van der Waals surface area (Å²) in [6.07, 6.45) is 3.67. The fourth-order valence-corrected chi connectivity index (χ4v) is 9.51. The van der Waals surface area contributed by atoms with Crippen molar-refractivity contribution in [3.8, 4) is 0 Å². The van der Waals surface area contributed by atoms with Crippen LogP contribution < -0.4 is 0 Å². The molecule has 4 saturated carbocycles. The number of hydrogen-bond acceptors (Lipinski definition) is 2. The van der Waals surface area contributed by atoms with Gasteiger partial charge in [0, 0.05) is 21.7 Å². The van der Waals surface area contributed by atoms with Crippen molar-refractivity contribution >= 4 is 0 Å². The molecule has 0 aromatic heterocycles. The molecular formula is C34H31NO2. The van der Waals surface area contributed by atoms with Gasteiger partial charge in [0.15, 0.2) is 0 Å². The van der Waals surface area contributed by atoms with Crippen molar-refractivity contribution in [3.05, 3.63) is 154 Å². The summed E-state index contributed by atoms with van der Waals surface area (Å²) in [6, 6.07) is 42.4. The van der Waals surface area contributed by atoms with E-state index in [1.807, 2.05) is 6.07 Å². The van der Waals surface area contributed by atoms with Crippen LogP contribution in [0.15, 0.2) is 121 Å². The van der Waals surface area contributed by atoms with E-state index in [2.05, 4.69) is 115 Å². The van der Waals surface area contributed by atoms with Gasteiger partial charge in [0.05, 0.1) is 5.41 Å². The number of hydrogen-bond donors (Lipinski definition) is 0. The van der Waals surface area contributed by atoms with Crippen molar-refractivity contribution in [2.75, 3.05) is 0 Å². The van der Waals surface area contributed by atoms with Crippen molar-refractivity contribution in [2.24, 2.45) is 11.8 Å². The molecule has 0 N–H and O–H groups in total. The molecule has 5 unspecified atom stereocenters. The minimum Gasteiger partial charge on any atom is -0.264 e. The predicted molar refractivity (Wildman–Crippen MR) is 146 cm³/mol. The van der Waals surface area contributed by atoms with Crippen LogP contribution in [0.2, 0.25) is 0 Å². The number of nitro groups is 1. The normalized spacial score (nSPS) is 31.2. The SMILES string of the molecule is O=[N+]([O-])C1C2CC3CC(c4ccccc4)(C2)C(c2ccccc2)(c2ccccc2)C1(c1ccccc1)C3. The lowest BCUT2D eigenvalue weighted by Gasteiger charge is -2.73. The lowest BCUT2D eigenvalue weighted by Crippen LogP contribution is -2.78. The average Bonchev–Trinajstić information content (AvgIpc) is 2.95. The van der Waals surface area contributed by atoms with E-state index < -0.39 is 16.9 Å². The van der Waals surface area contributed by atoms with Crippen LogP contribution in [0.4, 0.5) is 0 Å². The summed E-state index contributed by atoms with van der Waals surface area (Å²) >= 11 is 0. The highest BCUT2D eigenvalue weighted by Gasteiger charge is 2.80. The van der Waals surface area contributed by atoms with Gasteiger partial charge in [0.25, 0.3) is 0 Å². The third-order valence-electron chi connectivity index (χ3n) is 10.1. The second-order valence-corrected chi connectivity index (χ2v) is 11.5. The molecule has 4 aliphatic rings. The zero-order valence-electron chi connectivity index (χ0n) is 20.9. The molecule has 5 atom stereocenters. The van der Waals surface area contributed by atoms with Gasteiger partial charge in [-0.3, -0.25) is 10.1 Å². The van der Waals surface area contributed by atoms with Gasteiger partial charge in [-0.2, -0.15) is 0 Å². The molecule has 3 nitrogen and oxygen atoms in total. The molecule has 0 saturated heterocycles. The van der Waals surface area contributed by atoms with Crippen LogP contribution >= 0.6 is 0 Å². The second kappa shape index (κ2) is 8.14. The zero-order valence-corrected chi connectivity index (χ0v) is 20.9. The topological polar surface area (TPSA) is 43.1 Å². The molecule has 0 amide bonds. The minimum absolute atomic E-state index is 0.0449. The second-order valence-electron chi connectivity index (χ2n) is 11.5. The highest BCUT2D eigenvalue weighted by atomic mass is 16.6. The first kappa shape index (κ1) is 22.5. The molecular weight excluding hydrogens is 454 g/mol. The zero-order chi connectivity index (χ0) is 25.1. The molecule has 8 rings (SSSR count). The molecule has 4 aromatic carbocycles.